The van der Waals surface area contributed by atoms with Crippen molar-refractivity contribution in [2.75, 3.05) is 11.4 Å². The number of hydrogen-bond acceptors (Lipinski definition) is 5. The highest BCUT2D eigenvalue weighted by molar-refractivity contribution is 6.30. The van der Waals surface area contributed by atoms with Gasteiger partial charge >= 0.3 is 0 Å². The zero-order valence-electron chi connectivity index (χ0n) is 12.4. The van der Waals surface area contributed by atoms with Crippen LogP contribution in [0, 0.1) is 6.92 Å². The summed E-state index contributed by atoms with van der Waals surface area (Å²) in [7, 11) is 0. The molecule has 1 aromatic heterocycles. The van der Waals surface area contributed by atoms with Crippen LogP contribution in [0.1, 0.15) is 38.1 Å². The predicted octanol–water partition coefficient (Wildman–Crippen LogP) is 1.63. The Hall–Kier alpha value is -1.69. The third-order valence-electron chi connectivity index (χ3n) is 3.49. The van der Waals surface area contributed by atoms with E-state index in [1.807, 2.05) is 13.8 Å². The van der Waals surface area contributed by atoms with Crippen LogP contribution in [0.25, 0.3) is 0 Å². The van der Waals surface area contributed by atoms with Gasteiger partial charge in [-0.1, -0.05) is 25.4 Å². The molecule has 0 radical (unpaired) electrons. The Morgan fingerprint density at radius 2 is 2.05 bits per heavy atom. The summed E-state index contributed by atoms with van der Waals surface area (Å²) in [5.74, 6) is 0.598. The summed E-state index contributed by atoms with van der Waals surface area (Å²) in [4.78, 5) is 34.1. The molecule has 2 rings (SSSR count). The molecule has 21 heavy (non-hydrogen) atoms. The molecule has 1 N–H and O–H groups in total. The first-order chi connectivity index (χ1) is 9.97. The predicted molar refractivity (Wildman–Crippen MR) is 80.3 cm³/mol. The third kappa shape index (κ3) is 3.15. The van der Waals surface area contributed by atoms with Crippen molar-refractivity contribution < 1.29 is 9.59 Å². The van der Waals surface area contributed by atoms with Gasteiger partial charge in [0.1, 0.15) is 22.8 Å². The number of hydrogen-bond donors (Lipinski definition) is 1. The Bertz CT molecular complexity index is 576. The molecule has 0 spiro atoms. The summed E-state index contributed by atoms with van der Waals surface area (Å²) < 4.78 is 0. The number of carbonyl (C=O) groups excluding carboxylic acids is 2. The standard InChI is InChI=1S/C14H19ClN4O2/c1-4-6-10-16-12(15)8(3)13(17-10)19-7-11(20)18-14(21)9(19)5-2/h9H,4-7H2,1-3H3,(H,18,20,21). The maximum absolute atomic E-state index is 12.0. The molecule has 6 nitrogen and oxygen atoms in total. The fraction of sp³-hybridized carbons (Fsp3) is 0.571. The number of carbonyl (C=O) groups is 2. The van der Waals surface area contributed by atoms with Gasteiger partial charge in [-0.05, 0) is 19.8 Å². The first kappa shape index (κ1) is 15.7. The number of rotatable bonds is 4. The van der Waals surface area contributed by atoms with E-state index in [4.69, 9.17) is 11.6 Å². The number of nitrogens with one attached hydrogen (secondary N) is 1. The summed E-state index contributed by atoms with van der Waals surface area (Å²) in [6.45, 7) is 5.84. The fourth-order valence-corrected chi connectivity index (χ4v) is 2.61. The maximum Gasteiger partial charge on any atom is 0.249 e. The topological polar surface area (TPSA) is 75.2 Å². The minimum Gasteiger partial charge on any atom is -0.335 e. The van der Waals surface area contributed by atoms with Gasteiger partial charge in [0.15, 0.2) is 0 Å². The lowest BCUT2D eigenvalue weighted by molar-refractivity contribution is -0.132. The zero-order chi connectivity index (χ0) is 15.6. The minimum absolute atomic E-state index is 0.101. The lowest BCUT2D eigenvalue weighted by Crippen LogP contribution is -2.58. The normalized spacial score (nSPS) is 18.9. The number of halogens is 1. The molecule has 0 aliphatic carbocycles. The lowest BCUT2D eigenvalue weighted by atomic mass is 10.1. The summed E-state index contributed by atoms with van der Waals surface area (Å²) in [6.07, 6.45) is 2.19. The summed E-state index contributed by atoms with van der Waals surface area (Å²) in [5.41, 5.74) is 0.692. The summed E-state index contributed by atoms with van der Waals surface area (Å²) >= 11 is 6.17. The van der Waals surface area contributed by atoms with Crippen LogP contribution in [0.4, 0.5) is 5.82 Å². The molecule has 1 unspecified atom stereocenters. The monoisotopic (exact) mass is 310 g/mol. The Kier molecular flexibility index (Phi) is 4.77. The van der Waals surface area contributed by atoms with Gasteiger partial charge in [-0.15, -0.1) is 0 Å². The number of nitrogens with zero attached hydrogens (tertiary/aromatic N) is 3. The molecule has 1 saturated heterocycles. The number of amides is 2. The van der Waals surface area contributed by atoms with E-state index < -0.39 is 6.04 Å². The average molecular weight is 311 g/mol. The molecule has 2 amide bonds. The van der Waals surface area contributed by atoms with Crippen LogP contribution in [-0.4, -0.2) is 34.4 Å². The van der Waals surface area contributed by atoms with E-state index in [0.717, 1.165) is 6.42 Å². The van der Waals surface area contributed by atoms with Crippen molar-refractivity contribution in [3.8, 4) is 0 Å². The van der Waals surface area contributed by atoms with E-state index in [0.29, 0.717) is 35.2 Å². The van der Waals surface area contributed by atoms with Crippen LogP contribution in [0.3, 0.4) is 0 Å². The van der Waals surface area contributed by atoms with Crippen LogP contribution in [0.2, 0.25) is 5.15 Å². The molecule has 1 aromatic rings. The summed E-state index contributed by atoms with van der Waals surface area (Å²) in [6, 6.07) is -0.415. The Labute approximate surface area is 128 Å². The lowest BCUT2D eigenvalue weighted by Gasteiger charge is -2.35. The zero-order valence-corrected chi connectivity index (χ0v) is 13.2. The molecule has 1 aliphatic heterocycles. The molecule has 1 fully saturated rings. The Morgan fingerprint density at radius 1 is 1.33 bits per heavy atom. The number of piperazine rings is 1. The molecule has 7 heteroatoms. The second-order valence-corrected chi connectivity index (χ2v) is 5.45. The average Bonchev–Trinajstić information content (AvgIpc) is 2.42. The van der Waals surface area contributed by atoms with Crippen molar-refractivity contribution in [3.63, 3.8) is 0 Å². The highest BCUT2D eigenvalue weighted by Crippen LogP contribution is 2.27. The van der Waals surface area contributed by atoms with Crippen molar-refractivity contribution in [1.82, 2.24) is 15.3 Å². The van der Waals surface area contributed by atoms with Gasteiger partial charge in [-0.2, -0.15) is 0 Å². The molecule has 1 aliphatic rings. The number of imide groups is 1. The minimum atomic E-state index is -0.415. The van der Waals surface area contributed by atoms with Gasteiger partial charge in [0.25, 0.3) is 0 Å². The van der Waals surface area contributed by atoms with E-state index in [-0.39, 0.29) is 18.4 Å². The van der Waals surface area contributed by atoms with E-state index in [1.165, 1.54) is 0 Å². The highest BCUT2D eigenvalue weighted by Gasteiger charge is 2.34. The van der Waals surface area contributed by atoms with Crippen molar-refractivity contribution in [3.05, 3.63) is 16.5 Å². The second kappa shape index (κ2) is 6.39. The van der Waals surface area contributed by atoms with Crippen LogP contribution in [0.15, 0.2) is 0 Å². The van der Waals surface area contributed by atoms with Crippen LogP contribution in [0.5, 0.6) is 0 Å². The van der Waals surface area contributed by atoms with Crippen LogP contribution >= 0.6 is 11.6 Å². The van der Waals surface area contributed by atoms with E-state index in [2.05, 4.69) is 15.3 Å². The van der Waals surface area contributed by atoms with Crippen molar-refractivity contribution in [2.45, 2.75) is 46.1 Å². The molecule has 0 bridgehead atoms. The molecular formula is C14H19ClN4O2. The molecule has 114 valence electrons. The SMILES string of the molecule is CCCc1nc(Cl)c(C)c(N2CC(=O)NC(=O)C2CC)n1. The van der Waals surface area contributed by atoms with E-state index >= 15 is 0 Å². The summed E-state index contributed by atoms with van der Waals surface area (Å²) in [5, 5.41) is 2.73. The largest absolute Gasteiger partial charge is 0.335 e. The second-order valence-electron chi connectivity index (χ2n) is 5.09. The van der Waals surface area contributed by atoms with Crippen LogP contribution in [-0.2, 0) is 16.0 Å². The molecule has 2 heterocycles. The first-order valence-electron chi connectivity index (χ1n) is 7.11. The van der Waals surface area contributed by atoms with E-state index in [1.54, 1.807) is 11.8 Å². The quantitative estimate of drug-likeness (QED) is 0.676. The van der Waals surface area contributed by atoms with Gasteiger partial charge in [-0.3, -0.25) is 14.9 Å². The molecule has 0 saturated carbocycles. The fourth-order valence-electron chi connectivity index (χ4n) is 2.43. The van der Waals surface area contributed by atoms with Gasteiger partial charge in [-0.25, -0.2) is 9.97 Å². The van der Waals surface area contributed by atoms with Gasteiger partial charge in [0, 0.05) is 12.0 Å². The Morgan fingerprint density at radius 3 is 2.67 bits per heavy atom. The number of aryl methyl sites for hydroxylation is 1. The Balaban J connectivity index is 2.47. The van der Waals surface area contributed by atoms with Crippen LogP contribution < -0.4 is 10.2 Å². The van der Waals surface area contributed by atoms with Crippen molar-refractivity contribution in [2.24, 2.45) is 0 Å². The van der Waals surface area contributed by atoms with Gasteiger partial charge in [0.05, 0.1) is 6.54 Å². The number of anilines is 1. The highest BCUT2D eigenvalue weighted by atomic mass is 35.5. The van der Waals surface area contributed by atoms with E-state index in [9.17, 15) is 9.59 Å². The van der Waals surface area contributed by atoms with Gasteiger partial charge in [0.2, 0.25) is 11.8 Å². The molecule has 0 aromatic carbocycles. The van der Waals surface area contributed by atoms with Gasteiger partial charge < -0.3 is 4.90 Å². The maximum atomic E-state index is 12.0. The molecular weight excluding hydrogens is 292 g/mol. The third-order valence-corrected chi connectivity index (χ3v) is 3.86. The van der Waals surface area contributed by atoms with Crippen molar-refractivity contribution >= 4 is 29.2 Å². The smallest absolute Gasteiger partial charge is 0.249 e. The number of aromatic nitrogens is 2. The first-order valence-corrected chi connectivity index (χ1v) is 7.49. The van der Waals surface area contributed by atoms with Crippen molar-refractivity contribution in [1.29, 1.82) is 0 Å². The molecule has 1 atom stereocenters.